The maximum atomic E-state index is 10.7. The Morgan fingerprint density at radius 2 is 2.00 bits per heavy atom. The van der Waals surface area contributed by atoms with E-state index in [0.29, 0.717) is 12.3 Å². The van der Waals surface area contributed by atoms with Crippen LogP contribution in [-0.2, 0) is 9.90 Å². The minimum Gasteiger partial charge on any atom is -0.300 e. The summed E-state index contributed by atoms with van der Waals surface area (Å²) in [7, 11) is 0. The molecule has 53 valence electrons. The van der Waals surface area contributed by atoms with Gasteiger partial charge in [0.05, 0.1) is 6.61 Å². The normalized spacial score (nSPS) is 10.2. The molecule has 0 aromatic carbocycles. The molecule has 0 unspecified atom stereocenters. The highest BCUT2D eigenvalue weighted by molar-refractivity contribution is 5.78. The van der Waals surface area contributed by atoms with Gasteiger partial charge in [0.25, 0.3) is 0 Å². The Morgan fingerprint density at radius 1 is 1.44 bits per heavy atom. The first-order valence-electron chi connectivity index (χ1n) is 3.26. The Morgan fingerprint density at radius 3 is 2.33 bits per heavy atom. The lowest BCUT2D eigenvalue weighted by molar-refractivity contribution is -0.120. The van der Waals surface area contributed by atoms with Crippen LogP contribution in [0.1, 0.15) is 26.7 Å². The highest BCUT2D eigenvalue weighted by atomic mass is 16.3. The molecule has 0 heterocycles. The monoisotopic (exact) mass is 129 g/mol. The van der Waals surface area contributed by atoms with E-state index in [1.54, 1.807) is 0 Å². The lowest BCUT2D eigenvalue weighted by atomic mass is 10.1. The lowest BCUT2D eigenvalue weighted by Gasteiger charge is -1.99. The third-order valence-electron chi connectivity index (χ3n) is 1.02. The van der Waals surface area contributed by atoms with Gasteiger partial charge in [0.1, 0.15) is 5.78 Å². The zero-order valence-electron chi connectivity index (χ0n) is 6.02. The number of rotatable bonds is 4. The van der Waals surface area contributed by atoms with Crippen molar-refractivity contribution < 1.29 is 9.90 Å². The molecule has 0 aliphatic carbocycles. The average molecular weight is 129 g/mol. The second-order valence-electron chi connectivity index (χ2n) is 2.59. The molecule has 2 nitrogen and oxygen atoms in total. The van der Waals surface area contributed by atoms with Gasteiger partial charge in [-0.25, -0.2) is 5.11 Å². The van der Waals surface area contributed by atoms with Gasteiger partial charge in [0.15, 0.2) is 0 Å². The van der Waals surface area contributed by atoms with Crippen LogP contribution in [0.4, 0.5) is 0 Å². The second kappa shape index (κ2) is 4.50. The minimum absolute atomic E-state index is 0.0972. The van der Waals surface area contributed by atoms with Crippen LogP contribution in [0.25, 0.3) is 0 Å². The smallest absolute Gasteiger partial charge is 0.135 e. The summed E-state index contributed by atoms with van der Waals surface area (Å²) < 4.78 is 0. The molecule has 1 radical (unpaired) electrons. The first kappa shape index (κ1) is 8.63. The number of hydrogen-bond donors (Lipinski definition) is 0. The van der Waals surface area contributed by atoms with Crippen LogP contribution in [0.3, 0.4) is 0 Å². The maximum Gasteiger partial charge on any atom is 0.135 e. The molecule has 0 spiro atoms. The Bertz CT molecular complexity index is 86.9. The number of ketones is 1. The molecule has 0 aromatic heterocycles. The molecular formula is C7H13O2. The molecule has 0 rings (SSSR count). The van der Waals surface area contributed by atoms with Crippen molar-refractivity contribution in [2.24, 2.45) is 5.92 Å². The lowest BCUT2D eigenvalue weighted by Crippen LogP contribution is -2.03. The van der Waals surface area contributed by atoms with E-state index in [9.17, 15) is 9.90 Å². The summed E-state index contributed by atoms with van der Waals surface area (Å²) in [5.74, 6) is 0.490. The van der Waals surface area contributed by atoms with Gasteiger partial charge < -0.3 is 0 Å². The summed E-state index contributed by atoms with van der Waals surface area (Å²) in [6, 6.07) is 0. The van der Waals surface area contributed by atoms with Gasteiger partial charge in [-0.3, -0.25) is 4.79 Å². The molecular weight excluding hydrogens is 116 g/mol. The topological polar surface area (TPSA) is 37.0 Å². The van der Waals surface area contributed by atoms with Gasteiger partial charge in [-0.1, -0.05) is 13.8 Å². The molecule has 0 atom stereocenters. The zero-order valence-corrected chi connectivity index (χ0v) is 6.02. The fourth-order valence-electron chi connectivity index (χ4n) is 0.671. The summed E-state index contributed by atoms with van der Waals surface area (Å²) >= 11 is 0. The molecule has 0 amide bonds. The molecule has 0 saturated carbocycles. The van der Waals surface area contributed by atoms with E-state index in [2.05, 4.69) is 0 Å². The van der Waals surface area contributed by atoms with Crippen LogP contribution in [0, 0.1) is 5.92 Å². The second-order valence-corrected chi connectivity index (χ2v) is 2.59. The first-order valence-corrected chi connectivity index (χ1v) is 3.26. The van der Waals surface area contributed by atoms with Crippen molar-refractivity contribution in [2.45, 2.75) is 26.7 Å². The minimum atomic E-state index is -0.258. The van der Waals surface area contributed by atoms with E-state index in [1.165, 1.54) is 0 Å². The van der Waals surface area contributed by atoms with Gasteiger partial charge in [0, 0.05) is 12.8 Å². The van der Waals surface area contributed by atoms with Crippen molar-refractivity contribution in [3.63, 3.8) is 0 Å². The predicted octanol–water partition coefficient (Wildman–Crippen LogP) is 1.42. The molecule has 0 aliphatic rings. The Kier molecular flexibility index (Phi) is 4.32. The first-order chi connectivity index (χ1) is 4.16. The van der Waals surface area contributed by atoms with E-state index in [-0.39, 0.29) is 18.8 Å². The van der Waals surface area contributed by atoms with Gasteiger partial charge in [0.2, 0.25) is 0 Å². The van der Waals surface area contributed by atoms with Crippen molar-refractivity contribution in [1.82, 2.24) is 0 Å². The zero-order chi connectivity index (χ0) is 7.28. The van der Waals surface area contributed by atoms with E-state index < -0.39 is 0 Å². The van der Waals surface area contributed by atoms with E-state index in [4.69, 9.17) is 0 Å². The van der Waals surface area contributed by atoms with Crippen LogP contribution in [0.2, 0.25) is 0 Å². The third kappa shape index (κ3) is 5.50. The predicted molar refractivity (Wildman–Crippen MR) is 34.6 cm³/mol. The molecule has 0 saturated heterocycles. The van der Waals surface area contributed by atoms with E-state index in [1.807, 2.05) is 13.8 Å². The third-order valence-corrected chi connectivity index (χ3v) is 1.02. The number of carbonyl (C=O) groups is 1. The van der Waals surface area contributed by atoms with Crippen molar-refractivity contribution >= 4 is 5.78 Å². The van der Waals surface area contributed by atoms with E-state index >= 15 is 0 Å². The van der Waals surface area contributed by atoms with Crippen LogP contribution in [0.5, 0.6) is 0 Å². The Balaban J connectivity index is 3.27. The molecule has 0 aliphatic heterocycles. The van der Waals surface area contributed by atoms with Crippen LogP contribution in [-0.4, -0.2) is 12.4 Å². The number of Topliss-reactive ketones (excluding diaryl/α,β-unsaturated/α-hetero) is 1. The summed E-state index contributed by atoms with van der Waals surface area (Å²) in [5.41, 5.74) is 0. The average Bonchev–Trinajstić information content (AvgIpc) is 1.63. The fourth-order valence-corrected chi connectivity index (χ4v) is 0.671. The van der Waals surface area contributed by atoms with E-state index in [0.717, 1.165) is 0 Å². The fraction of sp³-hybridized carbons (Fsp3) is 0.857. The largest absolute Gasteiger partial charge is 0.300 e. The summed E-state index contributed by atoms with van der Waals surface area (Å²) in [5, 5.41) is 9.90. The highest BCUT2D eigenvalue weighted by Crippen LogP contribution is 2.01. The number of carbonyl (C=O) groups excluding carboxylic acids is 1. The van der Waals surface area contributed by atoms with Gasteiger partial charge in [-0.05, 0) is 5.92 Å². The summed E-state index contributed by atoms with van der Waals surface area (Å²) in [6.07, 6.45) is 0.764. The van der Waals surface area contributed by atoms with Crippen LogP contribution >= 0.6 is 0 Å². The molecule has 0 fully saturated rings. The van der Waals surface area contributed by atoms with Crippen molar-refractivity contribution in [1.29, 1.82) is 0 Å². The number of hydrogen-bond acceptors (Lipinski definition) is 1. The Hall–Kier alpha value is -0.370. The molecule has 0 bridgehead atoms. The van der Waals surface area contributed by atoms with Crippen LogP contribution in [0.15, 0.2) is 0 Å². The Labute approximate surface area is 55.9 Å². The van der Waals surface area contributed by atoms with Gasteiger partial charge in [-0.15, -0.1) is 0 Å². The highest BCUT2D eigenvalue weighted by Gasteiger charge is 2.02. The quantitative estimate of drug-likeness (QED) is 0.565. The SMILES string of the molecule is CC(C)CC(=O)CC[O]. The van der Waals surface area contributed by atoms with Crippen LogP contribution < -0.4 is 0 Å². The van der Waals surface area contributed by atoms with Gasteiger partial charge in [-0.2, -0.15) is 0 Å². The van der Waals surface area contributed by atoms with Crippen molar-refractivity contribution in [3.8, 4) is 0 Å². The molecule has 0 aromatic rings. The standard InChI is InChI=1S/C7H13O2/c1-6(2)5-7(9)3-4-8/h6H,3-5H2,1-2H3. The maximum absolute atomic E-state index is 10.7. The molecule has 0 N–H and O–H groups in total. The summed E-state index contributed by atoms with van der Waals surface area (Å²) in [4.78, 5) is 10.7. The molecule has 9 heavy (non-hydrogen) atoms. The van der Waals surface area contributed by atoms with Crippen molar-refractivity contribution in [3.05, 3.63) is 0 Å². The van der Waals surface area contributed by atoms with Crippen molar-refractivity contribution in [2.75, 3.05) is 6.61 Å². The summed E-state index contributed by atoms with van der Waals surface area (Å²) in [6.45, 7) is 3.69. The molecule has 2 heteroatoms. The van der Waals surface area contributed by atoms with Gasteiger partial charge >= 0.3 is 0 Å².